The van der Waals surface area contributed by atoms with Crippen LogP contribution in [0.1, 0.15) is 73.6 Å². The van der Waals surface area contributed by atoms with E-state index in [0.29, 0.717) is 43.6 Å². The second-order valence-corrected chi connectivity index (χ2v) is 18.7. The maximum absolute atomic E-state index is 13.9. The molecule has 2 aliphatic rings. The average Bonchev–Trinajstić information content (AvgIpc) is 3.86. The van der Waals surface area contributed by atoms with Crippen molar-refractivity contribution in [3.8, 4) is 23.0 Å². The van der Waals surface area contributed by atoms with E-state index in [-0.39, 0.29) is 85.9 Å². The van der Waals surface area contributed by atoms with Crippen LogP contribution in [0.4, 0.5) is 21.0 Å². The van der Waals surface area contributed by atoms with E-state index in [2.05, 4.69) is 28.8 Å². The van der Waals surface area contributed by atoms with Crippen LogP contribution in [0.25, 0.3) is 0 Å². The molecule has 2 atom stereocenters. The van der Waals surface area contributed by atoms with Crippen molar-refractivity contribution in [1.82, 2.24) is 14.8 Å². The van der Waals surface area contributed by atoms with Gasteiger partial charge in [0.1, 0.15) is 17.2 Å². The lowest BCUT2D eigenvalue weighted by molar-refractivity contribution is 0.0634. The van der Waals surface area contributed by atoms with Gasteiger partial charge in [0, 0.05) is 37.2 Å². The van der Waals surface area contributed by atoms with Crippen molar-refractivity contribution in [1.29, 1.82) is 0 Å². The zero-order valence-electron chi connectivity index (χ0n) is 37.5. The van der Waals surface area contributed by atoms with Gasteiger partial charge in [-0.15, -0.1) is 0 Å². The van der Waals surface area contributed by atoms with Gasteiger partial charge in [-0.25, -0.2) is 14.6 Å². The molecule has 1 aromatic heterocycles. The Morgan fingerprint density at radius 2 is 1.28 bits per heavy atom. The van der Waals surface area contributed by atoms with Crippen LogP contribution in [-0.4, -0.2) is 133 Å². The van der Waals surface area contributed by atoms with Crippen LogP contribution in [0.15, 0.2) is 78.0 Å². The molecule has 0 bridgehead atoms. The quantitative estimate of drug-likeness (QED) is 0.0461. The number of likely N-dealkylation sites (tertiary alicyclic amines) is 2. The van der Waals surface area contributed by atoms with Gasteiger partial charge in [0.05, 0.1) is 75.2 Å². The summed E-state index contributed by atoms with van der Waals surface area (Å²) in [7, 11) is 5.85. The van der Waals surface area contributed by atoms with Crippen LogP contribution in [0.5, 0.6) is 23.0 Å². The standard InChI is InChI=1S/C46H59N5O12S2/c1-29-19-31(27-52)50(25-29)42(54)33-21-37(58-6)39(23-35(33)48-44(56)62-17-18-64-65-41-13-9-10-14-47-41)60-15-11-8-12-16-61-40-24-36(49-45(57)63-46(3,4)5)34(22-38(40)59-7)43(55)51-26-30(2)20-32(51)28-53/h9-10,13-14,21-24,31-32,52-53H,1-2,8,11-12,15-20,25-28H2,3-7H3,(H,48,56)(H,49,57). The van der Waals surface area contributed by atoms with E-state index in [0.717, 1.165) is 16.2 Å². The fourth-order valence-electron chi connectivity index (χ4n) is 7.06. The molecule has 2 unspecified atom stereocenters. The molecule has 0 saturated carbocycles. The van der Waals surface area contributed by atoms with Crippen molar-refractivity contribution in [3.63, 3.8) is 0 Å². The molecule has 2 aromatic carbocycles. The Morgan fingerprint density at radius 1 is 0.754 bits per heavy atom. The number of aromatic nitrogens is 1. The molecule has 4 amide bonds. The molecule has 2 aliphatic heterocycles. The number of nitrogens with zero attached hydrogens (tertiary/aromatic N) is 3. The van der Waals surface area contributed by atoms with E-state index in [1.807, 2.05) is 18.2 Å². The molecule has 17 nitrogen and oxygen atoms in total. The lowest BCUT2D eigenvalue weighted by Crippen LogP contribution is -2.38. The maximum Gasteiger partial charge on any atom is 0.412 e. The van der Waals surface area contributed by atoms with Gasteiger partial charge in [0.15, 0.2) is 23.0 Å². The van der Waals surface area contributed by atoms with Crippen LogP contribution in [-0.2, 0) is 9.47 Å². The Morgan fingerprint density at radius 3 is 1.74 bits per heavy atom. The first-order valence-electron chi connectivity index (χ1n) is 21.2. The smallest absolute Gasteiger partial charge is 0.412 e. The van der Waals surface area contributed by atoms with E-state index >= 15 is 0 Å². The zero-order chi connectivity index (χ0) is 47.1. The van der Waals surface area contributed by atoms with Gasteiger partial charge in [-0.05, 0) is 87.9 Å². The van der Waals surface area contributed by atoms with E-state index in [1.165, 1.54) is 69.9 Å². The van der Waals surface area contributed by atoms with Crippen LogP contribution in [0.2, 0.25) is 0 Å². The summed E-state index contributed by atoms with van der Waals surface area (Å²) >= 11 is 0. The summed E-state index contributed by atoms with van der Waals surface area (Å²) in [6.07, 6.45) is 2.94. The summed E-state index contributed by atoms with van der Waals surface area (Å²) in [6, 6.07) is 10.7. The summed E-state index contributed by atoms with van der Waals surface area (Å²) in [5, 5.41) is 26.2. The highest BCUT2D eigenvalue weighted by Gasteiger charge is 2.35. The van der Waals surface area contributed by atoms with E-state index < -0.39 is 41.7 Å². The molecular formula is C46H59N5O12S2. The van der Waals surface area contributed by atoms with Crippen LogP contribution >= 0.6 is 21.6 Å². The van der Waals surface area contributed by atoms with Gasteiger partial charge in [-0.2, -0.15) is 0 Å². The number of nitrogens with one attached hydrogen (secondary N) is 2. The Hall–Kier alpha value is -5.63. The summed E-state index contributed by atoms with van der Waals surface area (Å²) in [5.74, 6) is 0.760. The molecule has 352 valence electrons. The lowest BCUT2D eigenvalue weighted by Gasteiger charge is -2.25. The Kier molecular flexibility index (Phi) is 18.6. The molecule has 0 aliphatic carbocycles. The number of pyridine rings is 1. The zero-order valence-corrected chi connectivity index (χ0v) is 39.1. The van der Waals surface area contributed by atoms with E-state index in [4.69, 9.17) is 28.4 Å². The first kappa shape index (κ1) is 50.4. The molecule has 2 saturated heterocycles. The lowest BCUT2D eigenvalue weighted by atomic mass is 10.1. The minimum absolute atomic E-state index is 0.102. The van der Waals surface area contributed by atoms with Gasteiger partial charge < -0.3 is 48.4 Å². The number of anilines is 2. The Labute approximate surface area is 387 Å². The van der Waals surface area contributed by atoms with Crippen molar-refractivity contribution in [2.24, 2.45) is 0 Å². The van der Waals surface area contributed by atoms with Crippen LogP contribution in [0, 0.1) is 0 Å². The van der Waals surface area contributed by atoms with Gasteiger partial charge in [0.2, 0.25) is 0 Å². The third-order valence-corrected chi connectivity index (χ3v) is 12.3. The monoisotopic (exact) mass is 937 g/mol. The Balaban J connectivity index is 1.22. The predicted octanol–water partition coefficient (Wildman–Crippen LogP) is 7.59. The highest BCUT2D eigenvalue weighted by molar-refractivity contribution is 8.76. The number of methoxy groups -OCH3 is 2. The molecule has 2 fully saturated rings. The predicted molar refractivity (Wildman–Crippen MR) is 250 cm³/mol. The minimum Gasteiger partial charge on any atom is -0.493 e. The average molecular weight is 938 g/mol. The summed E-state index contributed by atoms with van der Waals surface area (Å²) in [5.41, 5.74) is 1.38. The minimum atomic E-state index is -0.798. The fourth-order valence-corrected chi connectivity index (χ4v) is 8.77. The number of carbonyl (C=O) groups excluding carboxylic acids is 4. The number of rotatable bonds is 21. The van der Waals surface area contributed by atoms with Gasteiger partial charge in [-0.1, -0.05) is 41.2 Å². The SMILES string of the molecule is C=C1CC(CO)N(C(=O)c2cc(OC)c(OCCCCCOc3cc(NC(=O)OC(C)(C)C)c(C(=O)N4CC(=C)CC4CO)cc3OC)cc2NC(=O)OCCSSc2ccccn2)C1. The molecule has 19 heteroatoms. The second kappa shape index (κ2) is 24.1. The molecule has 5 rings (SSSR count). The van der Waals surface area contributed by atoms with Crippen LogP contribution in [0.3, 0.4) is 0 Å². The number of aliphatic hydroxyl groups excluding tert-OH is 2. The second-order valence-electron chi connectivity index (χ2n) is 16.3. The van der Waals surface area contributed by atoms with Crippen molar-refractivity contribution >= 4 is 57.0 Å². The number of amides is 4. The van der Waals surface area contributed by atoms with Crippen molar-refractivity contribution < 1.29 is 57.8 Å². The number of unbranched alkanes of at least 4 members (excludes halogenated alkanes) is 2. The number of carbonyl (C=O) groups is 4. The molecule has 65 heavy (non-hydrogen) atoms. The number of ether oxygens (including phenoxy) is 6. The normalized spacial score (nSPS) is 16.0. The van der Waals surface area contributed by atoms with E-state index in [1.54, 1.807) is 27.0 Å². The highest BCUT2D eigenvalue weighted by atomic mass is 33.1. The number of aliphatic hydroxyl groups is 2. The number of hydrogen-bond acceptors (Lipinski definition) is 15. The molecule has 3 aromatic rings. The van der Waals surface area contributed by atoms with Crippen molar-refractivity contribution in [2.75, 3.05) is 76.7 Å². The maximum atomic E-state index is 13.9. The third-order valence-electron chi connectivity index (χ3n) is 10.1. The Bertz CT molecular complexity index is 2170. The molecule has 4 N–H and O–H groups in total. The summed E-state index contributed by atoms with van der Waals surface area (Å²) in [4.78, 5) is 61.0. The third kappa shape index (κ3) is 14.4. The molecular weight excluding hydrogens is 879 g/mol. The van der Waals surface area contributed by atoms with Gasteiger partial charge in [-0.3, -0.25) is 20.2 Å². The molecule has 3 heterocycles. The van der Waals surface area contributed by atoms with Crippen LogP contribution < -0.4 is 29.6 Å². The largest absolute Gasteiger partial charge is 0.493 e. The van der Waals surface area contributed by atoms with E-state index in [9.17, 15) is 29.4 Å². The van der Waals surface area contributed by atoms with Crippen molar-refractivity contribution in [3.05, 3.63) is 84.1 Å². The highest BCUT2D eigenvalue weighted by Crippen LogP contribution is 2.38. The first-order valence-corrected chi connectivity index (χ1v) is 23.5. The number of hydrogen-bond donors (Lipinski definition) is 4. The summed E-state index contributed by atoms with van der Waals surface area (Å²) < 4.78 is 34.4. The molecule has 0 radical (unpaired) electrons. The van der Waals surface area contributed by atoms with Crippen molar-refractivity contribution in [2.45, 2.75) is 75.6 Å². The molecule has 0 spiro atoms. The topological polar surface area (TPSA) is 208 Å². The summed E-state index contributed by atoms with van der Waals surface area (Å²) in [6.45, 7) is 13.8. The van der Waals surface area contributed by atoms with Gasteiger partial charge >= 0.3 is 12.2 Å². The fraction of sp³-hybridized carbons (Fsp3) is 0.457. The number of benzene rings is 2. The first-order chi connectivity index (χ1) is 31.1. The van der Waals surface area contributed by atoms with Gasteiger partial charge in [0.25, 0.3) is 11.8 Å².